The second-order valence-corrected chi connectivity index (χ2v) is 9.66. The van der Waals surface area contributed by atoms with Crippen LogP contribution in [0.2, 0.25) is 0 Å². The van der Waals surface area contributed by atoms with Crippen molar-refractivity contribution in [1.82, 2.24) is 10.6 Å². The molecule has 0 bridgehead atoms. The summed E-state index contributed by atoms with van der Waals surface area (Å²) in [6.07, 6.45) is 1.06. The van der Waals surface area contributed by atoms with Crippen LogP contribution in [0.1, 0.15) is 26.7 Å². The van der Waals surface area contributed by atoms with Gasteiger partial charge in [-0.1, -0.05) is 20.3 Å². The van der Waals surface area contributed by atoms with Gasteiger partial charge in [-0.25, -0.2) is 13.2 Å². The second-order valence-electron chi connectivity index (χ2n) is 7.43. The van der Waals surface area contributed by atoms with Gasteiger partial charge in [-0.3, -0.25) is 4.79 Å². The number of ether oxygens (including phenoxy) is 2. The molecule has 3 N–H and O–H groups in total. The summed E-state index contributed by atoms with van der Waals surface area (Å²) in [5.74, 6) is 0.698. The van der Waals surface area contributed by atoms with E-state index in [1.54, 1.807) is 18.2 Å². The Kier molecular flexibility index (Phi) is 6.51. The van der Waals surface area contributed by atoms with Crippen molar-refractivity contribution in [1.29, 1.82) is 0 Å². The first-order valence-electron chi connectivity index (χ1n) is 9.75. The van der Waals surface area contributed by atoms with E-state index in [-0.39, 0.29) is 23.3 Å². The van der Waals surface area contributed by atoms with Crippen LogP contribution in [0.5, 0.6) is 11.5 Å². The number of fused-ring (bicyclic) bond motifs is 1. The van der Waals surface area contributed by atoms with E-state index in [0.29, 0.717) is 43.2 Å². The number of benzene rings is 1. The molecule has 2 aliphatic rings. The highest BCUT2D eigenvalue weighted by atomic mass is 32.2. The fraction of sp³-hybridized carbons (Fsp3) is 0.579. The van der Waals surface area contributed by atoms with Gasteiger partial charge in [-0.05, 0) is 24.5 Å². The van der Waals surface area contributed by atoms with Crippen molar-refractivity contribution < 1.29 is 27.5 Å². The van der Waals surface area contributed by atoms with E-state index in [2.05, 4.69) is 16.0 Å². The Morgan fingerprint density at radius 2 is 1.93 bits per heavy atom. The summed E-state index contributed by atoms with van der Waals surface area (Å²) < 4.78 is 34.1. The monoisotopic (exact) mass is 425 g/mol. The molecular weight excluding hydrogens is 398 g/mol. The van der Waals surface area contributed by atoms with Gasteiger partial charge in [0, 0.05) is 17.8 Å². The maximum absolute atomic E-state index is 12.8. The Hall–Kier alpha value is -2.49. The van der Waals surface area contributed by atoms with Crippen LogP contribution < -0.4 is 25.4 Å². The summed E-state index contributed by atoms with van der Waals surface area (Å²) in [4.78, 5) is 25.2. The summed E-state index contributed by atoms with van der Waals surface area (Å²) in [7, 11) is -3.10. The lowest BCUT2D eigenvalue weighted by atomic mass is 9.98. The van der Waals surface area contributed by atoms with Crippen LogP contribution in [0.15, 0.2) is 18.2 Å². The lowest BCUT2D eigenvalue weighted by molar-refractivity contribution is -0.119. The van der Waals surface area contributed by atoms with Gasteiger partial charge in [0.15, 0.2) is 21.3 Å². The van der Waals surface area contributed by atoms with E-state index in [1.165, 1.54) is 0 Å². The number of urea groups is 1. The van der Waals surface area contributed by atoms with Crippen molar-refractivity contribution in [2.24, 2.45) is 5.92 Å². The minimum absolute atomic E-state index is 0.0668. The predicted molar refractivity (Wildman–Crippen MR) is 108 cm³/mol. The first-order chi connectivity index (χ1) is 13.8. The lowest BCUT2D eigenvalue weighted by Gasteiger charge is -2.25. The first kappa shape index (κ1) is 21.2. The minimum atomic E-state index is -3.10. The molecule has 0 spiro atoms. The highest BCUT2D eigenvalue weighted by Gasteiger charge is 2.31. The van der Waals surface area contributed by atoms with Gasteiger partial charge in [0.1, 0.15) is 19.3 Å². The van der Waals surface area contributed by atoms with Crippen LogP contribution in [0.3, 0.4) is 0 Å². The number of rotatable bonds is 6. The Morgan fingerprint density at radius 3 is 2.59 bits per heavy atom. The number of anilines is 1. The van der Waals surface area contributed by atoms with Gasteiger partial charge < -0.3 is 25.4 Å². The molecule has 0 radical (unpaired) electrons. The largest absolute Gasteiger partial charge is 0.486 e. The topological polar surface area (TPSA) is 123 Å². The average Bonchev–Trinajstić information content (AvgIpc) is 3.03. The van der Waals surface area contributed by atoms with E-state index in [0.717, 1.165) is 0 Å². The molecule has 10 heteroatoms. The van der Waals surface area contributed by atoms with Crippen LogP contribution in [-0.4, -0.2) is 57.2 Å². The predicted octanol–water partition coefficient (Wildman–Crippen LogP) is 1.30. The molecular formula is C19H27N3O6S. The third-order valence-electron chi connectivity index (χ3n) is 5.16. The lowest BCUT2D eigenvalue weighted by Crippen LogP contribution is -2.53. The second kappa shape index (κ2) is 8.89. The Labute approximate surface area is 170 Å². The van der Waals surface area contributed by atoms with Crippen LogP contribution in [0.4, 0.5) is 10.5 Å². The van der Waals surface area contributed by atoms with Gasteiger partial charge in [0.2, 0.25) is 5.91 Å². The zero-order valence-corrected chi connectivity index (χ0v) is 17.4. The maximum Gasteiger partial charge on any atom is 0.315 e. The molecule has 0 saturated carbocycles. The number of hydrogen-bond acceptors (Lipinski definition) is 6. The molecule has 29 heavy (non-hydrogen) atoms. The highest BCUT2D eigenvalue weighted by molar-refractivity contribution is 7.91. The van der Waals surface area contributed by atoms with Crippen molar-refractivity contribution in [2.45, 2.75) is 38.8 Å². The summed E-state index contributed by atoms with van der Waals surface area (Å²) in [6, 6.07) is 3.37. The fourth-order valence-corrected chi connectivity index (χ4v) is 4.99. The number of carbonyl (C=O) groups excluding carboxylic acids is 2. The molecule has 9 nitrogen and oxygen atoms in total. The third kappa shape index (κ3) is 5.53. The Bertz CT molecular complexity index is 873. The number of carbonyl (C=O) groups is 2. The highest BCUT2D eigenvalue weighted by Crippen LogP contribution is 2.32. The molecule has 1 aromatic rings. The summed E-state index contributed by atoms with van der Waals surface area (Å²) in [5, 5.41) is 8.16. The number of nitrogens with one attached hydrogen (secondary N) is 3. The number of sulfone groups is 1. The molecule has 0 aliphatic carbocycles. The van der Waals surface area contributed by atoms with Crippen molar-refractivity contribution in [3.63, 3.8) is 0 Å². The SMILES string of the molecule is CC[C@@H](C)[C@H](NC(=O)N[C@H]1CCS(=O)(=O)C1)C(=O)Nc1ccc2c(c1)OCCO2. The fourth-order valence-electron chi connectivity index (χ4n) is 3.32. The third-order valence-corrected chi connectivity index (χ3v) is 6.93. The smallest absolute Gasteiger partial charge is 0.315 e. The standard InChI is InChI=1S/C19H27N3O6S/c1-3-12(2)17(22-19(24)21-14-6-9-29(25,26)11-14)18(23)20-13-4-5-15-16(10-13)28-8-7-27-15/h4-5,10,12,14,17H,3,6-9,11H2,1-2H3,(H,20,23)(H2,21,22,24)/t12-,14+,17+/m1/s1. The molecule has 2 aliphatic heterocycles. The number of amides is 3. The van der Waals surface area contributed by atoms with E-state index in [4.69, 9.17) is 9.47 Å². The quantitative estimate of drug-likeness (QED) is 0.631. The minimum Gasteiger partial charge on any atom is -0.486 e. The van der Waals surface area contributed by atoms with Crippen LogP contribution in [0.25, 0.3) is 0 Å². The molecule has 160 valence electrons. The van der Waals surface area contributed by atoms with Crippen LogP contribution >= 0.6 is 0 Å². The van der Waals surface area contributed by atoms with Crippen molar-refractivity contribution >= 4 is 27.5 Å². The van der Waals surface area contributed by atoms with Crippen molar-refractivity contribution in [3.05, 3.63) is 18.2 Å². The van der Waals surface area contributed by atoms with E-state index in [9.17, 15) is 18.0 Å². The van der Waals surface area contributed by atoms with E-state index in [1.807, 2.05) is 13.8 Å². The molecule has 3 atom stereocenters. The number of hydrogen-bond donors (Lipinski definition) is 3. The zero-order chi connectivity index (χ0) is 21.0. The Balaban J connectivity index is 1.63. The van der Waals surface area contributed by atoms with Gasteiger partial charge in [-0.2, -0.15) is 0 Å². The van der Waals surface area contributed by atoms with Crippen molar-refractivity contribution in [2.75, 3.05) is 30.0 Å². The average molecular weight is 426 g/mol. The molecule has 0 unspecified atom stereocenters. The molecule has 3 amide bonds. The van der Waals surface area contributed by atoms with Crippen molar-refractivity contribution in [3.8, 4) is 11.5 Å². The molecule has 2 heterocycles. The Morgan fingerprint density at radius 1 is 1.21 bits per heavy atom. The molecule has 1 fully saturated rings. The normalized spacial score (nSPS) is 21.7. The summed E-state index contributed by atoms with van der Waals surface area (Å²) >= 11 is 0. The zero-order valence-electron chi connectivity index (χ0n) is 16.6. The summed E-state index contributed by atoms with van der Waals surface area (Å²) in [5.41, 5.74) is 0.539. The summed E-state index contributed by atoms with van der Waals surface area (Å²) in [6.45, 7) is 4.72. The van der Waals surface area contributed by atoms with Crippen LogP contribution in [-0.2, 0) is 14.6 Å². The maximum atomic E-state index is 12.8. The molecule has 1 saturated heterocycles. The van der Waals surface area contributed by atoms with E-state index < -0.39 is 28.0 Å². The van der Waals surface area contributed by atoms with Crippen LogP contribution in [0, 0.1) is 5.92 Å². The van der Waals surface area contributed by atoms with Gasteiger partial charge in [0.05, 0.1) is 11.5 Å². The van der Waals surface area contributed by atoms with Gasteiger partial charge in [-0.15, -0.1) is 0 Å². The van der Waals surface area contributed by atoms with Gasteiger partial charge >= 0.3 is 6.03 Å². The first-order valence-corrected chi connectivity index (χ1v) is 11.6. The van der Waals surface area contributed by atoms with E-state index >= 15 is 0 Å². The molecule has 1 aromatic carbocycles. The van der Waals surface area contributed by atoms with Gasteiger partial charge in [0.25, 0.3) is 0 Å². The molecule has 0 aromatic heterocycles. The molecule has 3 rings (SSSR count).